The molecule has 136 valence electrons. The van der Waals surface area contributed by atoms with Crippen molar-refractivity contribution in [1.82, 2.24) is 5.32 Å². The molecule has 4 bridgehead atoms. The van der Waals surface area contributed by atoms with E-state index in [1.807, 2.05) is 0 Å². The van der Waals surface area contributed by atoms with Crippen molar-refractivity contribution in [3.63, 3.8) is 0 Å². The van der Waals surface area contributed by atoms with E-state index in [4.69, 9.17) is 4.74 Å². The second-order valence-corrected chi connectivity index (χ2v) is 9.29. The molecule has 0 radical (unpaired) electrons. The summed E-state index contributed by atoms with van der Waals surface area (Å²) in [5.74, 6) is 2.67. The molecule has 0 unspecified atom stereocenters. The number of carbonyl (C=O) groups excluding carboxylic acids is 1. The molecule has 0 aromatic heterocycles. The van der Waals surface area contributed by atoms with Gasteiger partial charge in [-0.25, -0.2) is 4.39 Å². The first kappa shape index (κ1) is 17.3. The van der Waals surface area contributed by atoms with Crippen LogP contribution in [0, 0.1) is 29.0 Å². The molecule has 4 saturated carbocycles. The van der Waals surface area contributed by atoms with Crippen molar-refractivity contribution in [2.45, 2.75) is 51.5 Å². The Balaban J connectivity index is 1.34. The van der Waals surface area contributed by atoms with Gasteiger partial charge in [0.1, 0.15) is 11.6 Å². The first-order valence-corrected chi connectivity index (χ1v) is 10.1. The van der Waals surface area contributed by atoms with E-state index in [1.165, 1.54) is 56.7 Å². The maximum atomic E-state index is 13.1. The van der Waals surface area contributed by atoms with Crippen molar-refractivity contribution in [2.75, 3.05) is 6.61 Å². The summed E-state index contributed by atoms with van der Waals surface area (Å²) in [6, 6.07) is 4.39. The summed E-state index contributed by atoms with van der Waals surface area (Å²) in [7, 11) is 0. The van der Waals surface area contributed by atoms with Crippen molar-refractivity contribution in [2.24, 2.45) is 23.2 Å². The zero-order valence-corrected chi connectivity index (χ0v) is 16.1. The SMILES string of the molecule is C[C@@H](NC(=O)COc1ccc(F)cc1Br)C12CC3CC(CC(C3)C1)C2. The van der Waals surface area contributed by atoms with Crippen LogP contribution in [0.1, 0.15) is 45.4 Å². The molecule has 4 fully saturated rings. The highest BCUT2D eigenvalue weighted by molar-refractivity contribution is 9.10. The van der Waals surface area contributed by atoms with Crippen LogP contribution in [-0.4, -0.2) is 18.6 Å². The zero-order valence-electron chi connectivity index (χ0n) is 14.6. The van der Waals surface area contributed by atoms with E-state index in [2.05, 4.69) is 28.2 Å². The van der Waals surface area contributed by atoms with Gasteiger partial charge in [-0.05, 0) is 103 Å². The molecule has 0 spiro atoms. The van der Waals surface area contributed by atoms with E-state index in [0.717, 1.165) is 17.8 Å². The standard InChI is InChI=1S/C20H25BrFNO2/c1-12(20-8-13-4-14(9-20)6-15(5-13)10-20)23-19(24)11-25-18-3-2-16(22)7-17(18)21/h2-3,7,12-15H,4-6,8-11H2,1H3,(H,23,24)/t12-,13?,14?,15?,20?/m1/s1. The molecular weight excluding hydrogens is 385 g/mol. The van der Waals surface area contributed by atoms with E-state index in [9.17, 15) is 9.18 Å². The lowest BCUT2D eigenvalue weighted by Crippen LogP contribution is -2.56. The van der Waals surface area contributed by atoms with Gasteiger partial charge in [-0.1, -0.05) is 0 Å². The van der Waals surface area contributed by atoms with Gasteiger partial charge in [0.05, 0.1) is 4.47 Å². The molecule has 5 heteroatoms. The van der Waals surface area contributed by atoms with Crippen LogP contribution in [0.3, 0.4) is 0 Å². The summed E-state index contributed by atoms with van der Waals surface area (Å²) < 4.78 is 19.2. The third-order valence-electron chi connectivity index (χ3n) is 6.63. The second kappa shape index (κ2) is 6.57. The molecule has 0 saturated heterocycles. The van der Waals surface area contributed by atoms with E-state index < -0.39 is 0 Å². The van der Waals surface area contributed by atoms with Crippen molar-refractivity contribution < 1.29 is 13.9 Å². The van der Waals surface area contributed by atoms with Crippen LogP contribution in [0.2, 0.25) is 0 Å². The maximum Gasteiger partial charge on any atom is 0.258 e. The minimum Gasteiger partial charge on any atom is -0.483 e. The van der Waals surface area contributed by atoms with Crippen LogP contribution in [0.25, 0.3) is 0 Å². The Kier molecular flexibility index (Phi) is 4.55. The van der Waals surface area contributed by atoms with Crippen LogP contribution in [0.4, 0.5) is 4.39 Å². The van der Waals surface area contributed by atoms with Gasteiger partial charge >= 0.3 is 0 Å². The van der Waals surface area contributed by atoms with E-state index in [-0.39, 0.29) is 24.4 Å². The molecule has 1 aromatic rings. The highest BCUT2D eigenvalue weighted by Gasteiger charge is 2.53. The van der Waals surface area contributed by atoms with E-state index in [1.54, 1.807) is 0 Å². The number of ether oxygens (including phenoxy) is 1. The predicted molar refractivity (Wildman–Crippen MR) is 97.8 cm³/mol. The van der Waals surface area contributed by atoms with E-state index in [0.29, 0.717) is 15.6 Å². The van der Waals surface area contributed by atoms with Gasteiger partial charge in [-0.15, -0.1) is 0 Å². The summed E-state index contributed by atoms with van der Waals surface area (Å²) in [5.41, 5.74) is 0.293. The number of amides is 1. The van der Waals surface area contributed by atoms with Gasteiger partial charge in [0.15, 0.2) is 6.61 Å². The smallest absolute Gasteiger partial charge is 0.258 e. The normalized spacial score (nSPS) is 34.0. The lowest BCUT2D eigenvalue weighted by Gasteiger charge is -2.59. The largest absolute Gasteiger partial charge is 0.483 e. The molecule has 1 aromatic carbocycles. The molecular formula is C20H25BrFNO2. The lowest BCUT2D eigenvalue weighted by molar-refractivity contribution is -0.127. The summed E-state index contributed by atoms with van der Waals surface area (Å²) >= 11 is 3.26. The van der Waals surface area contributed by atoms with Crippen LogP contribution in [0.15, 0.2) is 22.7 Å². The Labute approximate surface area is 156 Å². The first-order chi connectivity index (χ1) is 11.9. The average Bonchev–Trinajstić information content (AvgIpc) is 2.52. The third kappa shape index (κ3) is 3.44. The molecule has 0 heterocycles. The quantitative estimate of drug-likeness (QED) is 0.765. The Morgan fingerprint density at radius 3 is 2.44 bits per heavy atom. The minimum absolute atomic E-state index is 0.0407. The van der Waals surface area contributed by atoms with Crippen LogP contribution < -0.4 is 10.1 Å². The van der Waals surface area contributed by atoms with Gasteiger partial charge < -0.3 is 10.1 Å². The van der Waals surface area contributed by atoms with Crippen LogP contribution in [-0.2, 0) is 4.79 Å². The van der Waals surface area contributed by atoms with Crippen molar-refractivity contribution in [3.05, 3.63) is 28.5 Å². The van der Waals surface area contributed by atoms with Crippen molar-refractivity contribution in [3.8, 4) is 5.75 Å². The molecule has 3 nitrogen and oxygen atoms in total. The van der Waals surface area contributed by atoms with E-state index >= 15 is 0 Å². The van der Waals surface area contributed by atoms with Gasteiger partial charge in [0.2, 0.25) is 0 Å². The fourth-order valence-corrected chi connectivity index (χ4v) is 6.35. The van der Waals surface area contributed by atoms with Gasteiger partial charge in [-0.3, -0.25) is 4.79 Å². The molecule has 1 amide bonds. The molecule has 25 heavy (non-hydrogen) atoms. The fourth-order valence-electron chi connectivity index (χ4n) is 5.88. The highest BCUT2D eigenvalue weighted by atomic mass is 79.9. The van der Waals surface area contributed by atoms with Crippen LogP contribution >= 0.6 is 15.9 Å². The average molecular weight is 410 g/mol. The molecule has 5 rings (SSSR count). The summed E-state index contributed by atoms with van der Waals surface area (Å²) in [5, 5.41) is 3.18. The molecule has 0 aliphatic heterocycles. The summed E-state index contributed by atoms with van der Waals surface area (Å²) in [6.07, 6.45) is 8.02. The molecule has 1 N–H and O–H groups in total. The monoisotopic (exact) mass is 409 g/mol. The predicted octanol–water partition coefficient (Wildman–Crippen LogP) is 4.69. The second-order valence-electron chi connectivity index (χ2n) is 8.43. The Morgan fingerprint density at radius 2 is 1.88 bits per heavy atom. The maximum absolute atomic E-state index is 13.1. The molecule has 4 aliphatic carbocycles. The Bertz CT molecular complexity index is 642. The first-order valence-electron chi connectivity index (χ1n) is 9.31. The number of halogens is 2. The van der Waals surface area contributed by atoms with Crippen molar-refractivity contribution >= 4 is 21.8 Å². The lowest BCUT2D eigenvalue weighted by atomic mass is 9.48. The number of hydrogen-bond acceptors (Lipinski definition) is 2. The molecule has 1 atom stereocenters. The number of benzene rings is 1. The van der Waals surface area contributed by atoms with Crippen molar-refractivity contribution in [1.29, 1.82) is 0 Å². The number of hydrogen-bond donors (Lipinski definition) is 1. The Morgan fingerprint density at radius 1 is 1.28 bits per heavy atom. The number of nitrogens with one attached hydrogen (secondary N) is 1. The van der Waals surface area contributed by atoms with Crippen LogP contribution in [0.5, 0.6) is 5.75 Å². The zero-order chi connectivity index (χ0) is 17.6. The summed E-state index contributed by atoms with van der Waals surface area (Å²) in [4.78, 5) is 12.4. The Hall–Kier alpha value is -1.10. The topological polar surface area (TPSA) is 38.3 Å². The van der Waals surface area contributed by atoms with Gasteiger partial charge in [0.25, 0.3) is 5.91 Å². The molecule has 4 aliphatic rings. The van der Waals surface area contributed by atoms with Gasteiger partial charge in [0, 0.05) is 6.04 Å². The highest BCUT2D eigenvalue weighted by Crippen LogP contribution is 2.61. The number of rotatable bonds is 5. The number of carbonyl (C=O) groups is 1. The fraction of sp³-hybridized carbons (Fsp3) is 0.650. The summed E-state index contributed by atoms with van der Waals surface area (Å²) in [6.45, 7) is 2.12. The van der Waals surface area contributed by atoms with Gasteiger partial charge in [-0.2, -0.15) is 0 Å². The minimum atomic E-state index is -0.334. The third-order valence-corrected chi connectivity index (χ3v) is 7.25.